The zero-order valence-corrected chi connectivity index (χ0v) is 11.4. The van der Waals surface area contributed by atoms with Gasteiger partial charge in [-0.2, -0.15) is 5.26 Å². The minimum Gasteiger partial charge on any atom is -0.258 e. The Labute approximate surface area is 125 Å². The second-order valence-electron chi connectivity index (χ2n) is 4.59. The van der Waals surface area contributed by atoms with Crippen LogP contribution in [0.4, 0.5) is 11.4 Å². The Morgan fingerprint density at radius 3 is 2.09 bits per heavy atom. The summed E-state index contributed by atoms with van der Waals surface area (Å²) < 4.78 is 0. The standard InChI is InChI=1S/C15H11N3O4/c16-10-12(13-6-2-4-8-15(13)18(21)22)9-11-5-1-3-7-14(11)17(19)20/h1-8,12H,9H2/t12-/m0/s1. The summed E-state index contributed by atoms with van der Waals surface area (Å²) in [6.45, 7) is 0. The van der Waals surface area contributed by atoms with Crippen molar-refractivity contribution in [3.05, 3.63) is 79.9 Å². The Kier molecular flexibility index (Phi) is 4.44. The van der Waals surface area contributed by atoms with E-state index in [0.717, 1.165) is 0 Å². The fourth-order valence-electron chi connectivity index (χ4n) is 2.26. The van der Waals surface area contributed by atoms with Gasteiger partial charge >= 0.3 is 0 Å². The highest BCUT2D eigenvalue weighted by molar-refractivity contribution is 5.48. The van der Waals surface area contributed by atoms with E-state index >= 15 is 0 Å². The molecule has 0 bridgehead atoms. The smallest absolute Gasteiger partial charge is 0.258 e. The lowest BCUT2D eigenvalue weighted by Gasteiger charge is -2.10. The molecule has 0 aliphatic rings. The Bertz CT molecular complexity index is 767. The summed E-state index contributed by atoms with van der Waals surface area (Å²) in [6, 6.07) is 14.0. The largest absolute Gasteiger partial charge is 0.273 e. The molecule has 2 aromatic rings. The van der Waals surface area contributed by atoms with Crippen molar-refractivity contribution in [1.82, 2.24) is 0 Å². The minimum atomic E-state index is -0.831. The summed E-state index contributed by atoms with van der Waals surface area (Å²) >= 11 is 0. The monoisotopic (exact) mass is 297 g/mol. The number of nitro groups is 2. The number of hydrogen-bond donors (Lipinski definition) is 0. The van der Waals surface area contributed by atoms with E-state index in [1.54, 1.807) is 18.2 Å². The van der Waals surface area contributed by atoms with Gasteiger partial charge in [-0.1, -0.05) is 36.4 Å². The van der Waals surface area contributed by atoms with Gasteiger partial charge in [-0.15, -0.1) is 0 Å². The third-order valence-electron chi connectivity index (χ3n) is 3.28. The lowest BCUT2D eigenvalue weighted by Crippen LogP contribution is -2.06. The van der Waals surface area contributed by atoms with Gasteiger partial charge in [0.2, 0.25) is 0 Å². The van der Waals surface area contributed by atoms with Crippen LogP contribution in [0.2, 0.25) is 0 Å². The molecule has 0 aromatic heterocycles. The van der Waals surface area contributed by atoms with Crippen LogP contribution >= 0.6 is 0 Å². The SMILES string of the molecule is N#C[C@H](Cc1ccccc1[N+](=O)[O-])c1ccccc1[N+](=O)[O-]. The summed E-state index contributed by atoms with van der Waals surface area (Å²) in [5.74, 6) is -0.831. The van der Waals surface area contributed by atoms with E-state index in [1.807, 2.05) is 6.07 Å². The van der Waals surface area contributed by atoms with Crippen molar-refractivity contribution < 1.29 is 9.85 Å². The molecule has 7 heteroatoms. The topological polar surface area (TPSA) is 110 Å². The van der Waals surface area contributed by atoms with Crippen molar-refractivity contribution >= 4 is 11.4 Å². The zero-order chi connectivity index (χ0) is 16.1. The van der Waals surface area contributed by atoms with E-state index in [9.17, 15) is 25.5 Å². The van der Waals surface area contributed by atoms with Crippen LogP contribution in [0, 0.1) is 31.6 Å². The fourth-order valence-corrected chi connectivity index (χ4v) is 2.26. The molecule has 0 radical (unpaired) electrons. The highest BCUT2D eigenvalue weighted by atomic mass is 16.6. The highest BCUT2D eigenvalue weighted by Gasteiger charge is 2.24. The van der Waals surface area contributed by atoms with E-state index in [-0.39, 0.29) is 23.4 Å². The van der Waals surface area contributed by atoms with Crippen molar-refractivity contribution in [1.29, 1.82) is 5.26 Å². The van der Waals surface area contributed by atoms with Gasteiger partial charge in [-0.25, -0.2) is 0 Å². The number of nitrogens with zero attached hydrogens (tertiary/aromatic N) is 3. The lowest BCUT2D eigenvalue weighted by molar-refractivity contribution is -0.386. The maximum atomic E-state index is 11.1. The van der Waals surface area contributed by atoms with Crippen molar-refractivity contribution in [2.24, 2.45) is 0 Å². The predicted molar refractivity (Wildman–Crippen MR) is 78.3 cm³/mol. The molecule has 7 nitrogen and oxygen atoms in total. The van der Waals surface area contributed by atoms with Gasteiger partial charge in [0.05, 0.1) is 21.8 Å². The Balaban J connectivity index is 2.42. The number of hydrogen-bond acceptors (Lipinski definition) is 5. The Morgan fingerprint density at radius 2 is 1.50 bits per heavy atom. The first kappa shape index (κ1) is 15.1. The molecule has 0 saturated carbocycles. The molecule has 0 fully saturated rings. The van der Waals surface area contributed by atoms with Crippen LogP contribution in [-0.4, -0.2) is 9.85 Å². The van der Waals surface area contributed by atoms with Gasteiger partial charge in [0.15, 0.2) is 0 Å². The molecule has 0 aliphatic heterocycles. The Morgan fingerprint density at radius 1 is 0.955 bits per heavy atom. The first-order valence-electron chi connectivity index (χ1n) is 6.39. The molecule has 22 heavy (non-hydrogen) atoms. The average molecular weight is 297 g/mol. The summed E-state index contributed by atoms with van der Waals surface area (Å²) in [4.78, 5) is 21.0. The molecule has 110 valence electrons. The lowest BCUT2D eigenvalue weighted by atomic mass is 9.91. The van der Waals surface area contributed by atoms with E-state index in [1.165, 1.54) is 30.3 Å². The number of nitriles is 1. The normalized spacial score (nSPS) is 11.4. The number of benzene rings is 2. The van der Waals surface area contributed by atoms with Crippen LogP contribution in [0.1, 0.15) is 17.0 Å². The van der Waals surface area contributed by atoms with Crippen molar-refractivity contribution in [3.63, 3.8) is 0 Å². The van der Waals surface area contributed by atoms with Crippen LogP contribution in [0.5, 0.6) is 0 Å². The summed E-state index contributed by atoms with van der Waals surface area (Å²) in [6.07, 6.45) is 0.0402. The molecule has 2 aromatic carbocycles. The first-order chi connectivity index (χ1) is 10.5. The molecular weight excluding hydrogens is 286 g/mol. The zero-order valence-electron chi connectivity index (χ0n) is 11.4. The molecule has 0 saturated heterocycles. The van der Waals surface area contributed by atoms with E-state index in [4.69, 9.17) is 0 Å². The molecule has 0 heterocycles. The predicted octanol–water partition coefficient (Wildman–Crippen LogP) is 3.35. The van der Waals surface area contributed by atoms with Gasteiger partial charge < -0.3 is 0 Å². The third-order valence-corrected chi connectivity index (χ3v) is 3.28. The second kappa shape index (κ2) is 6.45. The average Bonchev–Trinajstić information content (AvgIpc) is 2.52. The van der Waals surface area contributed by atoms with Crippen LogP contribution < -0.4 is 0 Å². The van der Waals surface area contributed by atoms with Crippen LogP contribution in [0.3, 0.4) is 0 Å². The fraction of sp³-hybridized carbons (Fsp3) is 0.133. The number of nitro benzene ring substituents is 2. The maximum absolute atomic E-state index is 11.1. The molecule has 0 aliphatic carbocycles. The van der Waals surface area contributed by atoms with Crippen LogP contribution in [0.15, 0.2) is 48.5 Å². The van der Waals surface area contributed by atoms with Crippen molar-refractivity contribution in [3.8, 4) is 6.07 Å². The van der Waals surface area contributed by atoms with E-state index < -0.39 is 15.8 Å². The molecule has 0 spiro atoms. The van der Waals surface area contributed by atoms with Gasteiger partial charge in [-0.05, 0) is 6.42 Å². The van der Waals surface area contributed by atoms with Crippen LogP contribution in [0.25, 0.3) is 0 Å². The molecular formula is C15H11N3O4. The summed E-state index contributed by atoms with van der Waals surface area (Å²) in [7, 11) is 0. The second-order valence-corrected chi connectivity index (χ2v) is 4.59. The highest BCUT2D eigenvalue weighted by Crippen LogP contribution is 2.31. The first-order valence-corrected chi connectivity index (χ1v) is 6.39. The number of para-hydroxylation sites is 2. The quantitative estimate of drug-likeness (QED) is 0.620. The number of rotatable bonds is 5. The summed E-state index contributed by atoms with van der Waals surface area (Å²) in [5.41, 5.74) is 0.374. The summed E-state index contributed by atoms with van der Waals surface area (Å²) in [5, 5.41) is 31.4. The van der Waals surface area contributed by atoms with Crippen molar-refractivity contribution in [2.45, 2.75) is 12.3 Å². The minimum absolute atomic E-state index is 0.0402. The van der Waals surface area contributed by atoms with Gasteiger partial charge in [0.1, 0.15) is 0 Å². The maximum Gasteiger partial charge on any atom is 0.273 e. The van der Waals surface area contributed by atoms with Crippen molar-refractivity contribution in [2.75, 3.05) is 0 Å². The van der Waals surface area contributed by atoms with Gasteiger partial charge in [0.25, 0.3) is 11.4 Å². The molecule has 0 N–H and O–H groups in total. The molecule has 0 amide bonds. The van der Waals surface area contributed by atoms with E-state index in [2.05, 4.69) is 0 Å². The Hall–Kier alpha value is -3.27. The van der Waals surface area contributed by atoms with E-state index in [0.29, 0.717) is 5.56 Å². The third kappa shape index (κ3) is 3.07. The molecule has 0 unspecified atom stereocenters. The van der Waals surface area contributed by atoms with Gasteiger partial charge in [-0.3, -0.25) is 20.2 Å². The molecule has 1 atom stereocenters. The van der Waals surface area contributed by atoms with Crippen LogP contribution in [-0.2, 0) is 6.42 Å². The van der Waals surface area contributed by atoms with Gasteiger partial charge in [0, 0.05) is 23.3 Å². The molecule has 2 rings (SSSR count).